The first kappa shape index (κ1) is 18.9. The van der Waals surface area contributed by atoms with Crippen molar-refractivity contribution in [1.29, 1.82) is 0 Å². The lowest BCUT2D eigenvalue weighted by Crippen LogP contribution is -2.32. The monoisotopic (exact) mass is 340 g/mol. The quantitative estimate of drug-likeness (QED) is 0.697. The van der Waals surface area contributed by atoms with E-state index in [4.69, 9.17) is 0 Å². The summed E-state index contributed by atoms with van der Waals surface area (Å²) in [5.74, 6) is 0.591. The van der Waals surface area contributed by atoms with E-state index in [9.17, 15) is 4.79 Å². The molecule has 25 heavy (non-hydrogen) atoms. The van der Waals surface area contributed by atoms with Crippen molar-refractivity contribution in [3.8, 4) is 0 Å². The number of carbonyl (C=O) groups excluding carboxylic acids is 1. The molecule has 0 N–H and O–H groups in total. The summed E-state index contributed by atoms with van der Waals surface area (Å²) in [5, 5.41) is 0. The van der Waals surface area contributed by atoms with Crippen LogP contribution in [0.25, 0.3) is 0 Å². The summed E-state index contributed by atoms with van der Waals surface area (Å²) < 4.78 is 0. The molecule has 0 radical (unpaired) electrons. The SMILES string of the molecule is CCCN(CCC)c1nccc(C(=O)N(CC)Cc2ccccc2)n1. The Morgan fingerprint density at radius 1 is 1.00 bits per heavy atom. The van der Waals surface area contributed by atoms with Crippen LogP contribution in [0.15, 0.2) is 42.6 Å². The molecule has 0 aliphatic heterocycles. The summed E-state index contributed by atoms with van der Waals surface area (Å²) >= 11 is 0. The molecule has 0 saturated heterocycles. The number of anilines is 1. The molecule has 0 spiro atoms. The van der Waals surface area contributed by atoms with Crippen LogP contribution in [0.5, 0.6) is 0 Å². The van der Waals surface area contributed by atoms with E-state index < -0.39 is 0 Å². The van der Waals surface area contributed by atoms with E-state index in [1.807, 2.05) is 42.2 Å². The van der Waals surface area contributed by atoms with Crippen LogP contribution in [0.4, 0.5) is 5.95 Å². The van der Waals surface area contributed by atoms with Crippen LogP contribution in [-0.2, 0) is 6.54 Å². The molecule has 0 bridgehead atoms. The number of aromatic nitrogens is 2. The zero-order valence-electron chi connectivity index (χ0n) is 15.5. The molecule has 1 amide bonds. The van der Waals surface area contributed by atoms with Crippen molar-refractivity contribution < 1.29 is 4.79 Å². The topological polar surface area (TPSA) is 49.3 Å². The Balaban J connectivity index is 2.18. The molecule has 0 aliphatic rings. The molecule has 0 unspecified atom stereocenters. The minimum Gasteiger partial charge on any atom is -0.341 e. The van der Waals surface area contributed by atoms with E-state index in [1.54, 1.807) is 12.3 Å². The number of hydrogen-bond acceptors (Lipinski definition) is 4. The van der Waals surface area contributed by atoms with Gasteiger partial charge in [0.1, 0.15) is 5.69 Å². The Morgan fingerprint density at radius 3 is 2.28 bits per heavy atom. The molecule has 5 nitrogen and oxygen atoms in total. The third-order valence-corrected chi connectivity index (χ3v) is 4.02. The third kappa shape index (κ3) is 5.28. The summed E-state index contributed by atoms with van der Waals surface area (Å²) in [4.78, 5) is 25.8. The van der Waals surface area contributed by atoms with E-state index in [2.05, 4.69) is 28.7 Å². The van der Waals surface area contributed by atoms with Crippen LogP contribution in [0, 0.1) is 0 Å². The van der Waals surface area contributed by atoms with Crippen molar-refractivity contribution >= 4 is 11.9 Å². The van der Waals surface area contributed by atoms with E-state index in [1.165, 1.54) is 0 Å². The number of hydrogen-bond donors (Lipinski definition) is 0. The summed E-state index contributed by atoms with van der Waals surface area (Å²) in [6.45, 7) is 9.28. The summed E-state index contributed by atoms with van der Waals surface area (Å²) in [6, 6.07) is 11.7. The highest BCUT2D eigenvalue weighted by Crippen LogP contribution is 2.13. The first-order valence-corrected chi connectivity index (χ1v) is 9.10. The van der Waals surface area contributed by atoms with Gasteiger partial charge in [-0.05, 0) is 31.4 Å². The van der Waals surface area contributed by atoms with E-state index in [-0.39, 0.29) is 5.91 Å². The molecule has 1 aromatic carbocycles. The average molecular weight is 340 g/mol. The standard InChI is InChI=1S/C20H28N4O/c1-4-14-24(15-5-2)20-21-13-12-18(22-20)19(25)23(6-3)16-17-10-8-7-9-11-17/h7-13H,4-6,14-16H2,1-3H3. The van der Waals surface area contributed by atoms with Gasteiger partial charge in [0.2, 0.25) is 5.95 Å². The Labute approximate surface area is 150 Å². The van der Waals surface area contributed by atoms with Crippen LogP contribution in [0.2, 0.25) is 0 Å². The van der Waals surface area contributed by atoms with Crippen molar-refractivity contribution in [2.75, 3.05) is 24.5 Å². The maximum atomic E-state index is 12.9. The Kier molecular flexibility index (Phi) is 7.38. The minimum atomic E-state index is -0.0528. The van der Waals surface area contributed by atoms with Crippen molar-refractivity contribution in [3.63, 3.8) is 0 Å². The van der Waals surface area contributed by atoms with E-state index in [0.29, 0.717) is 24.7 Å². The summed E-state index contributed by atoms with van der Waals surface area (Å²) in [6.07, 6.45) is 3.73. The predicted octanol–water partition coefficient (Wildman–Crippen LogP) is 3.77. The van der Waals surface area contributed by atoms with Crippen LogP contribution in [0.1, 0.15) is 49.7 Å². The molecular weight excluding hydrogens is 312 g/mol. The van der Waals surface area contributed by atoms with Crippen LogP contribution in [-0.4, -0.2) is 40.4 Å². The zero-order valence-corrected chi connectivity index (χ0v) is 15.5. The molecule has 1 heterocycles. The lowest BCUT2D eigenvalue weighted by Gasteiger charge is -2.23. The van der Waals surface area contributed by atoms with Crippen molar-refractivity contribution in [2.24, 2.45) is 0 Å². The van der Waals surface area contributed by atoms with Gasteiger partial charge in [-0.2, -0.15) is 0 Å². The second-order valence-electron chi connectivity index (χ2n) is 6.03. The molecule has 2 rings (SSSR count). The fraction of sp³-hybridized carbons (Fsp3) is 0.450. The number of benzene rings is 1. The molecule has 0 atom stereocenters. The fourth-order valence-corrected chi connectivity index (χ4v) is 2.76. The Bertz CT molecular complexity index is 654. The van der Waals surface area contributed by atoms with Gasteiger partial charge in [-0.1, -0.05) is 44.2 Å². The lowest BCUT2D eigenvalue weighted by molar-refractivity contribution is 0.0746. The first-order valence-electron chi connectivity index (χ1n) is 9.10. The minimum absolute atomic E-state index is 0.0528. The highest BCUT2D eigenvalue weighted by atomic mass is 16.2. The number of carbonyl (C=O) groups is 1. The fourth-order valence-electron chi connectivity index (χ4n) is 2.76. The van der Waals surface area contributed by atoms with E-state index in [0.717, 1.165) is 31.5 Å². The van der Waals surface area contributed by atoms with Crippen molar-refractivity contribution in [3.05, 3.63) is 53.9 Å². The lowest BCUT2D eigenvalue weighted by atomic mass is 10.2. The van der Waals surface area contributed by atoms with Gasteiger partial charge in [-0.3, -0.25) is 4.79 Å². The van der Waals surface area contributed by atoms with Crippen molar-refractivity contribution in [1.82, 2.24) is 14.9 Å². The molecule has 0 aliphatic carbocycles. The van der Waals surface area contributed by atoms with Gasteiger partial charge in [0.15, 0.2) is 0 Å². The second kappa shape index (κ2) is 9.77. The molecule has 0 saturated carbocycles. The van der Waals surface area contributed by atoms with Gasteiger partial charge < -0.3 is 9.80 Å². The second-order valence-corrected chi connectivity index (χ2v) is 6.03. The van der Waals surface area contributed by atoms with Gasteiger partial charge in [-0.15, -0.1) is 0 Å². The van der Waals surface area contributed by atoms with Crippen molar-refractivity contribution in [2.45, 2.75) is 40.2 Å². The van der Waals surface area contributed by atoms with Gasteiger partial charge in [0.05, 0.1) is 0 Å². The smallest absolute Gasteiger partial charge is 0.272 e. The largest absolute Gasteiger partial charge is 0.341 e. The third-order valence-electron chi connectivity index (χ3n) is 4.02. The Hall–Kier alpha value is -2.43. The highest BCUT2D eigenvalue weighted by molar-refractivity contribution is 5.92. The average Bonchev–Trinajstić information content (AvgIpc) is 2.66. The maximum Gasteiger partial charge on any atom is 0.272 e. The van der Waals surface area contributed by atoms with Crippen LogP contribution >= 0.6 is 0 Å². The molecule has 1 aromatic heterocycles. The predicted molar refractivity (Wildman–Crippen MR) is 102 cm³/mol. The van der Waals surface area contributed by atoms with Gasteiger partial charge in [0.25, 0.3) is 5.91 Å². The van der Waals surface area contributed by atoms with Crippen LogP contribution in [0.3, 0.4) is 0 Å². The van der Waals surface area contributed by atoms with E-state index >= 15 is 0 Å². The first-order chi connectivity index (χ1) is 12.2. The van der Waals surface area contributed by atoms with Crippen LogP contribution < -0.4 is 4.90 Å². The zero-order chi connectivity index (χ0) is 18.1. The number of amides is 1. The van der Waals surface area contributed by atoms with Gasteiger partial charge >= 0.3 is 0 Å². The summed E-state index contributed by atoms with van der Waals surface area (Å²) in [7, 11) is 0. The number of rotatable bonds is 9. The molecule has 2 aromatic rings. The maximum absolute atomic E-state index is 12.9. The Morgan fingerprint density at radius 2 is 1.68 bits per heavy atom. The highest BCUT2D eigenvalue weighted by Gasteiger charge is 2.18. The molecule has 0 fully saturated rings. The normalized spacial score (nSPS) is 10.5. The van der Waals surface area contributed by atoms with Gasteiger partial charge in [-0.25, -0.2) is 9.97 Å². The number of nitrogens with zero attached hydrogens (tertiary/aromatic N) is 4. The summed E-state index contributed by atoms with van der Waals surface area (Å²) in [5.41, 5.74) is 1.57. The molecule has 5 heteroatoms. The van der Waals surface area contributed by atoms with Gasteiger partial charge in [0, 0.05) is 32.4 Å². The molecular formula is C20H28N4O. The molecule has 134 valence electrons.